The van der Waals surface area contributed by atoms with Gasteiger partial charge in [-0.25, -0.2) is 0 Å². The summed E-state index contributed by atoms with van der Waals surface area (Å²) in [6.07, 6.45) is 4.70. The molecule has 0 saturated carbocycles. The van der Waals surface area contributed by atoms with Crippen LogP contribution in [0.25, 0.3) is 6.08 Å². The van der Waals surface area contributed by atoms with Gasteiger partial charge in [0.2, 0.25) is 0 Å². The molecule has 2 rings (SSSR count). The van der Waals surface area contributed by atoms with Crippen molar-refractivity contribution in [1.82, 2.24) is 4.90 Å². The first-order valence-corrected chi connectivity index (χ1v) is 7.06. The van der Waals surface area contributed by atoms with Gasteiger partial charge in [-0.1, -0.05) is 42.5 Å². The van der Waals surface area contributed by atoms with Gasteiger partial charge in [0.1, 0.15) is 0 Å². The predicted molar refractivity (Wildman–Crippen MR) is 77.9 cm³/mol. The zero-order valence-electron chi connectivity index (χ0n) is 11.0. The quantitative estimate of drug-likeness (QED) is 0.769. The third kappa shape index (κ3) is 4.06. The molecule has 0 spiro atoms. The molecule has 5 nitrogen and oxygen atoms in total. The Balaban J connectivity index is 2.03. The van der Waals surface area contributed by atoms with Crippen LogP contribution >= 0.6 is 11.8 Å². The zero-order chi connectivity index (χ0) is 15.2. The van der Waals surface area contributed by atoms with Crippen LogP contribution in [-0.2, 0) is 9.59 Å². The van der Waals surface area contributed by atoms with Crippen molar-refractivity contribution in [1.29, 1.82) is 0 Å². The summed E-state index contributed by atoms with van der Waals surface area (Å²) in [7, 11) is 0. The van der Waals surface area contributed by atoms with Crippen LogP contribution in [-0.4, -0.2) is 28.6 Å². The molecule has 6 heteroatoms. The van der Waals surface area contributed by atoms with Crippen LogP contribution in [0.3, 0.4) is 0 Å². The minimum Gasteiger partial charge on any atom is -0.550 e. The van der Waals surface area contributed by atoms with Crippen molar-refractivity contribution in [3.8, 4) is 0 Å². The second kappa shape index (κ2) is 6.90. The Morgan fingerprint density at radius 2 is 1.95 bits per heavy atom. The van der Waals surface area contributed by atoms with E-state index in [1.54, 1.807) is 12.2 Å². The summed E-state index contributed by atoms with van der Waals surface area (Å²) in [5.74, 6) is -1.76. The van der Waals surface area contributed by atoms with Gasteiger partial charge in [0, 0.05) is 18.9 Å². The van der Waals surface area contributed by atoms with E-state index in [-0.39, 0.29) is 17.9 Å². The highest BCUT2D eigenvalue weighted by Gasteiger charge is 2.34. The van der Waals surface area contributed by atoms with Crippen molar-refractivity contribution in [2.75, 3.05) is 6.54 Å². The largest absolute Gasteiger partial charge is 0.550 e. The van der Waals surface area contributed by atoms with Gasteiger partial charge in [-0.15, -0.1) is 0 Å². The number of carbonyl (C=O) groups excluding carboxylic acids is 3. The second-order valence-electron chi connectivity index (χ2n) is 4.25. The number of hydrogen-bond donors (Lipinski definition) is 0. The van der Waals surface area contributed by atoms with Crippen molar-refractivity contribution in [3.05, 3.63) is 53.0 Å². The molecule has 1 heterocycles. The van der Waals surface area contributed by atoms with Crippen molar-refractivity contribution >= 4 is 35.0 Å². The fraction of sp³-hybridized carbons (Fsp3) is 0.133. The van der Waals surface area contributed by atoms with Gasteiger partial charge >= 0.3 is 0 Å². The molecule has 0 N–H and O–H groups in total. The molecule has 0 bridgehead atoms. The smallest absolute Gasteiger partial charge is 0.293 e. The van der Waals surface area contributed by atoms with E-state index in [9.17, 15) is 19.5 Å². The second-order valence-corrected chi connectivity index (χ2v) is 5.24. The number of imide groups is 1. The zero-order valence-corrected chi connectivity index (χ0v) is 11.8. The molecule has 0 aliphatic carbocycles. The fourth-order valence-corrected chi connectivity index (χ4v) is 2.54. The first-order chi connectivity index (χ1) is 10.1. The minimum absolute atomic E-state index is 0.160. The van der Waals surface area contributed by atoms with Crippen LogP contribution < -0.4 is 5.11 Å². The highest BCUT2D eigenvalue weighted by Crippen LogP contribution is 2.30. The molecule has 2 amide bonds. The van der Waals surface area contributed by atoms with E-state index in [0.717, 1.165) is 22.2 Å². The Morgan fingerprint density at radius 1 is 1.24 bits per heavy atom. The maximum atomic E-state index is 11.9. The van der Waals surface area contributed by atoms with Gasteiger partial charge in [0.05, 0.1) is 4.91 Å². The lowest BCUT2D eigenvalue weighted by molar-refractivity contribution is -0.305. The molecular weight excluding hydrogens is 290 g/mol. The Morgan fingerprint density at radius 3 is 2.62 bits per heavy atom. The number of benzene rings is 1. The number of allylic oxidation sites excluding steroid dienone is 2. The van der Waals surface area contributed by atoms with Crippen LogP contribution in [0.2, 0.25) is 0 Å². The third-order valence-corrected chi connectivity index (χ3v) is 3.67. The first-order valence-electron chi connectivity index (χ1n) is 6.25. The third-order valence-electron chi connectivity index (χ3n) is 2.75. The summed E-state index contributed by atoms with van der Waals surface area (Å²) in [4.78, 5) is 35.2. The lowest BCUT2D eigenvalue weighted by atomic mass is 10.2. The van der Waals surface area contributed by atoms with E-state index in [1.165, 1.54) is 0 Å². The van der Waals surface area contributed by atoms with Crippen molar-refractivity contribution in [2.45, 2.75) is 6.42 Å². The van der Waals surface area contributed by atoms with E-state index in [4.69, 9.17) is 0 Å². The lowest BCUT2D eigenvalue weighted by Crippen LogP contribution is -2.33. The summed E-state index contributed by atoms with van der Waals surface area (Å²) in [5, 5.41) is 9.93. The van der Waals surface area contributed by atoms with Gasteiger partial charge in [-0.05, 0) is 23.4 Å². The summed E-state index contributed by atoms with van der Waals surface area (Å²) in [6, 6.07) is 9.52. The van der Waals surface area contributed by atoms with E-state index < -0.39 is 17.1 Å². The molecule has 1 aliphatic rings. The van der Waals surface area contributed by atoms with Gasteiger partial charge in [-0.2, -0.15) is 0 Å². The summed E-state index contributed by atoms with van der Waals surface area (Å²) in [6.45, 7) is -0.160. The molecule has 1 saturated heterocycles. The molecule has 21 heavy (non-hydrogen) atoms. The molecule has 0 aromatic heterocycles. The van der Waals surface area contributed by atoms with Crippen LogP contribution in [0, 0.1) is 0 Å². The van der Waals surface area contributed by atoms with E-state index in [2.05, 4.69) is 0 Å². The highest BCUT2D eigenvalue weighted by molar-refractivity contribution is 8.18. The van der Waals surface area contributed by atoms with E-state index in [0.29, 0.717) is 0 Å². The number of rotatable bonds is 5. The Labute approximate surface area is 125 Å². The Hall–Kier alpha value is -2.34. The average Bonchev–Trinajstić information content (AvgIpc) is 2.72. The number of hydrogen-bond acceptors (Lipinski definition) is 5. The topological polar surface area (TPSA) is 77.5 Å². The molecule has 1 fully saturated rings. The lowest BCUT2D eigenvalue weighted by Gasteiger charge is -2.11. The maximum absolute atomic E-state index is 11.9. The summed E-state index contributed by atoms with van der Waals surface area (Å²) < 4.78 is 0. The predicted octanol–water partition coefficient (Wildman–Crippen LogP) is 1.42. The van der Waals surface area contributed by atoms with E-state index in [1.807, 2.05) is 36.4 Å². The first kappa shape index (κ1) is 15.1. The SMILES string of the molecule is O=C([O-])CCN1C(=O)S/C(=C\C=C\c2ccccc2)C1=O. The van der Waals surface area contributed by atoms with Crippen LogP contribution in [0.5, 0.6) is 0 Å². The fourth-order valence-electron chi connectivity index (χ4n) is 1.72. The Kier molecular flexibility index (Phi) is 4.94. The van der Waals surface area contributed by atoms with Gasteiger partial charge in [-0.3, -0.25) is 14.5 Å². The van der Waals surface area contributed by atoms with E-state index >= 15 is 0 Å². The summed E-state index contributed by atoms with van der Waals surface area (Å²) in [5.41, 5.74) is 0.977. The van der Waals surface area contributed by atoms with Gasteiger partial charge in [0.25, 0.3) is 11.1 Å². The van der Waals surface area contributed by atoms with Crippen LogP contribution in [0.15, 0.2) is 47.4 Å². The number of thioether (sulfide) groups is 1. The molecule has 1 aromatic carbocycles. The number of carboxylic acids is 1. The van der Waals surface area contributed by atoms with Gasteiger partial charge in [0.15, 0.2) is 0 Å². The molecule has 0 radical (unpaired) electrons. The average molecular weight is 302 g/mol. The van der Waals surface area contributed by atoms with Crippen LogP contribution in [0.1, 0.15) is 12.0 Å². The molecule has 1 aromatic rings. The number of carbonyl (C=O) groups is 3. The maximum Gasteiger partial charge on any atom is 0.293 e. The summed E-state index contributed by atoms with van der Waals surface area (Å²) >= 11 is 0.803. The van der Waals surface area contributed by atoms with Crippen molar-refractivity contribution in [2.24, 2.45) is 0 Å². The number of amides is 2. The monoisotopic (exact) mass is 302 g/mol. The van der Waals surface area contributed by atoms with Crippen molar-refractivity contribution < 1.29 is 19.5 Å². The number of carboxylic acid groups (broad SMARTS) is 1. The molecular formula is C15H12NO4S-. The molecule has 1 aliphatic heterocycles. The normalized spacial score (nSPS) is 17.1. The number of aliphatic carboxylic acids is 1. The standard InChI is InChI=1S/C15H13NO4S/c17-13(18)9-10-16-14(19)12(21-15(16)20)8-4-7-11-5-2-1-3-6-11/h1-8H,9-10H2,(H,17,18)/p-1/b7-4+,12-8-. The molecule has 108 valence electrons. The highest BCUT2D eigenvalue weighted by atomic mass is 32.2. The minimum atomic E-state index is -1.29. The van der Waals surface area contributed by atoms with Gasteiger partial charge < -0.3 is 9.90 Å². The van der Waals surface area contributed by atoms with Crippen LogP contribution in [0.4, 0.5) is 4.79 Å². The molecule has 0 atom stereocenters. The van der Waals surface area contributed by atoms with Crippen molar-refractivity contribution in [3.63, 3.8) is 0 Å². The number of nitrogens with zero attached hydrogens (tertiary/aromatic N) is 1. The Bertz CT molecular complexity index is 622. The molecule has 0 unspecified atom stereocenters.